The second-order valence-corrected chi connectivity index (χ2v) is 5.15. The van der Waals surface area contributed by atoms with Gasteiger partial charge in [-0.05, 0) is 26.8 Å². The number of hydrogen-bond donors (Lipinski definition) is 1. The van der Waals surface area contributed by atoms with Crippen LogP contribution in [-0.2, 0) is 4.74 Å². The Kier molecular flexibility index (Phi) is 5.20. The summed E-state index contributed by atoms with van der Waals surface area (Å²) >= 11 is 0. The molecule has 0 aliphatic rings. The number of benzene rings is 1. The minimum absolute atomic E-state index is 0.0698. The SMILES string of the molecule is CCOC(C)C(c1nc(C)c(F)c(=O)[nH]1)c1ccc(F)cc1F. The Morgan fingerprint density at radius 3 is 2.57 bits per heavy atom. The molecule has 7 heteroatoms. The molecule has 124 valence electrons. The molecule has 2 aromatic rings. The molecule has 0 aliphatic heterocycles. The van der Waals surface area contributed by atoms with Crippen molar-refractivity contribution in [2.24, 2.45) is 0 Å². The van der Waals surface area contributed by atoms with Gasteiger partial charge in [0.1, 0.15) is 17.5 Å². The highest BCUT2D eigenvalue weighted by molar-refractivity contribution is 5.29. The summed E-state index contributed by atoms with van der Waals surface area (Å²) in [4.78, 5) is 18.0. The molecule has 0 radical (unpaired) electrons. The molecule has 0 saturated carbocycles. The number of hydrogen-bond acceptors (Lipinski definition) is 3. The number of nitrogens with zero attached hydrogens (tertiary/aromatic N) is 1. The highest BCUT2D eigenvalue weighted by atomic mass is 19.1. The first-order valence-electron chi connectivity index (χ1n) is 7.18. The fourth-order valence-corrected chi connectivity index (χ4v) is 2.48. The Morgan fingerprint density at radius 1 is 1.30 bits per heavy atom. The van der Waals surface area contributed by atoms with E-state index in [0.29, 0.717) is 6.61 Å². The van der Waals surface area contributed by atoms with Gasteiger partial charge in [-0.2, -0.15) is 4.39 Å². The molecule has 0 bridgehead atoms. The van der Waals surface area contributed by atoms with Crippen LogP contribution in [0.4, 0.5) is 13.2 Å². The molecule has 2 atom stereocenters. The average molecular weight is 326 g/mol. The summed E-state index contributed by atoms with van der Waals surface area (Å²) in [6.45, 7) is 5.14. The maximum Gasteiger partial charge on any atom is 0.287 e. The molecule has 0 aliphatic carbocycles. The molecule has 1 aromatic carbocycles. The number of nitrogens with one attached hydrogen (secondary N) is 1. The minimum Gasteiger partial charge on any atom is -0.378 e. The zero-order chi connectivity index (χ0) is 17.1. The molecule has 0 saturated heterocycles. The van der Waals surface area contributed by atoms with Gasteiger partial charge in [0.05, 0.1) is 17.7 Å². The van der Waals surface area contributed by atoms with Gasteiger partial charge in [0.2, 0.25) is 5.82 Å². The first-order valence-corrected chi connectivity index (χ1v) is 7.18. The van der Waals surface area contributed by atoms with E-state index in [1.807, 2.05) is 0 Å². The van der Waals surface area contributed by atoms with Crippen LogP contribution < -0.4 is 5.56 Å². The summed E-state index contributed by atoms with van der Waals surface area (Å²) in [7, 11) is 0. The van der Waals surface area contributed by atoms with Gasteiger partial charge in [-0.1, -0.05) is 6.07 Å². The Hall–Kier alpha value is -2.15. The van der Waals surface area contributed by atoms with E-state index in [9.17, 15) is 18.0 Å². The van der Waals surface area contributed by atoms with Crippen LogP contribution in [0, 0.1) is 24.4 Å². The summed E-state index contributed by atoms with van der Waals surface area (Å²) in [6.07, 6.45) is -0.562. The summed E-state index contributed by atoms with van der Waals surface area (Å²) in [6, 6.07) is 3.12. The van der Waals surface area contributed by atoms with E-state index in [-0.39, 0.29) is 17.1 Å². The molecular weight excluding hydrogens is 309 g/mol. The topological polar surface area (TPSA) is 55.0 Å². The van der Waals surface area contributed by atoms with E-state index in [2.05, 4.69) is 9.97 Å². The number of aryl methyl sites for hydroxylation is 1. The second-order valence-electron chi connectivity index (χ2n) is 5.15. The smallest absolute Gasteiger partial charge is 0.287 e. The zero-order valence-electron chi connectivity index (χ0n) is 13.0. The molecule has 1 heterocycles. The quantitative estimate of drug-likeness (QED) is 0.919. The van der Waals surface area contributed by atoms with E-state index in [4.69, 9.17) is 4.74 Å². The predicted octanol–water partition coefficient (Wildman–Crippen LogP) is 3.05. The van der Waals surface area contributed by atoms with E-state index in [1.165, 1.54) is 13.0 Å². The van der Waals surface area contributed by atoms with Gasteiger partial charge in [-0.25, -0.2) is 13.8 Å². The van der Waals surface area contributed by atoms with Crippen molar-refractivity contribution in [3.8, 4) is 0 Å². The average Bonchev–Trinajstić information content (AvgIpc) is 2.47. The molecule has 2 rings (SSSR count). The number of H-pyrrole nitrogens is 1. The summed E-state index contributed by atoms with van der Waals surface area (Å²) in [5.74, 6) is -3.23. The van der Waals surface area contributed by atoms with Crippen LogP contribution in [0.25, 0.3) is 0 Å². The van der Waals surface area contributed by atoms with Crippen molar-refractivity contribution in [2.45, 2.75) is 32.8 Å². The Balaban J connectivity index is 2.61. The lowest BCUT2D eigenvalue weighted by molar-refractivity contribution is 0.0621. The van der Waals surface area contributed by atoms with Gasteiger partial charge >= 0.3 is 0 Å². The number of ether oxygens (including phenoxy) is 1. The van der Waals surface area contributed by atoms with Crippen LogP contribution in [0.3, 0.4) is 0 Å². The first kappa shape index (κ1) is 17.2. The maximum absolute atomic E-state index is 14.2. The van der Waals surface area contributed by atoms with E-state index in [0.717, 1.165) is 12.1 Å². The molecule has 1 aromatic heterocycles. The zero-order valence-corrected chi connectivity index (χ0v) is 13.0. The highest BCUT2D eigenvalue weighted by Crippen LogP contribution is 2.29. The maximum atomic E-state index is 14.2. The molecule has 4 nitrogen and oxygen atoms in total. The van der Waals surface area contributed by atoms with Crippen molar-refractivity contribution in [3.63, 3.8) is 0 Å². The lowest BCUT2D eigenvalue weighted by Crippen LogP contribution is -2.27. The van der Waals surface area contributed by atoms with Gasteiger partial charge in [-0.3, -0.25) is 4.79 Å². The van der Waals surface area contributed by atoms with Gasteiger partial charge in [-0.15, -0.1) is 0 Å². The molecule has 0 fully saturated rings. The Bertz CT molecular complexity index is 761. The van der Waals surface area contributed by atoms with Gasteiger partial charge in [0.25, 0.3) is 5.56 Å². The predicted molar refractivity (Wildman–Crippen MR) is 78.8 cm³/mol. The van der Waals surface area contributed by atoms with Crippen LogP contribution in [0.5, 0.6) is 0 Å². The van der Waals surface area contributed by atoms with Crippen molar-refractivity contribution >= 4 is 0 Å². The normalized spacial score (nSPS) is 13.8. The standard InChI is InChI=1S/C16H17F3N2O2/c1-4-23-9(3)13(11-6-5-10(17)7-12(11)18)15-20-8(2)14(19)16(22)21-15/h5-7,9,13H,4H2,1-3H3,(H,20,21,22). The molecule has 2 unspecified atom stereocenters. The van der Waals surface area contributed by atoms with E-state index < -0.39 is 35.0 Å². The third kappa shape index (κ3) is 3.61. The molecular formula is C16H17F3N2O2. The highest BCUT2D eigenvalue weighted by Gasteiger charge is 2.28. The van der Waals surface area contributed by atoms with Crippen molar-refractivity contribution in [1.29, 1.82) is 0 Å². The van der Waals surface area contributed by atoms with Gasteiger partial charge in [0.15, 0.2) is 0 Å². The lowest BCUT2D eigenvalue weighted by Gasteiger charge is -2.24. The summed E-state index contributed by atoms with van der Waals surface area (Å²) in [5, 5.41) is 0. The number of rotatable bonds is 5. The van der Waals surface area contributed by atoms with E-state index >= 15 is 0 Å². The molecule has 1 N–H and O–H groups in total. The van der Waals surface area contributed by atoms with Crippen LogP contribution in [0.2, 0.25) is 0 Å². The largest absolute Gasteiger partial charge is 0.378 e. The van der Waals surface area contributed by atoms with Gasteiger partial charge < -0.3 is 9.72 Å². The third-order valence-electron chi connectivity index (χ3n) is 3.54. The monoisotopic (exact) mass is 326 g/mol. The van der Waals surface area contributed by atoms with Crippen molar-refractivity contribution in [2.75, 3.05) is 6.61 Å². The minimum atomic E-state index is -0.990. The number of halogens is 3. The summed E-state index contributed by atoms with van der Waals surface area (Å²) in [5.41, 5.74) is -0.926. The number of aromatic nitrogens is 2. The number of aromatic amines is 1. The second kappa shape index (κ2) is 6.95. The van der Waals surface area contributed by atoms with Crippen LogP contribution in [-0.4, -0.2) is 22.7 Å². The fourth-order valence-electron chi connectivity index (χ4n) is 2.48. The molecule has 0 spiro atoms. The Morgan fingerprint density at radius 2 is 2.00 bits per heavy atom. The van der Waals surface area contributed by atoms with Crippen LogP contribution >= 0.6 is 0 Å². The lowest BCUT2D eigenvalue weighted by atomic mass is 9.92. The fraction of sp³-hybridized carbons (Fsp3) is 0.375. The van der Waals surface area contributed by atoms with Crippen molar-refractivity contribution in [3.05, 3.63) is 63.1 Å². The van der Waals surface area contributed by atoms with Crippen LogP contribution in [0.15, 0.2) is 23.0 Å². The van der Waals surface area contributed by atoms with Crippen molar-refractivity contribution < 1.29 is 17.9 Å². The van der Waals surface area contributed by atoms with E-state index in [1.54, 1.807) is 13.8 Å². The molecule has 23 heavy (non-hydrogen) atoms. The van der Waals surface area contributed by atoms with Crippen LogP contribution in [0.1, 0.15) is 36.8 Å². The Labute approximate surface area is 131 Å². The van der Waals surface area contributed by atoms with Crippen molar-refractivity contribution in [1.82, 2.24) is 9.97 Å². The summed E-state index contributed by atoms with van der Waals surface area (Å²) < 4.78 is 46.3. The van der Waals surface area contributed by atoms with Gasteiger partial charge in [0, 0.05) is 18.2 Å². The first-order chi connectivity index (χ1) is 10.8. The molecule has 0 amide bonds. The third-order valence-corrected chi connectivity index (χ3v) is 3.54.